The molecule has 0 radical (unpaired) electrons. The summed E-state index contributed by atoms with van der Waals surface area (Å²) in [6.45, 7) is 2.45. The Balaban J connectivity index is 1.82. The Bertz CT molecular complexity index is 543. The molecular weight excluding hydrogens is 264 g/mol. The number of allylic oxidation sites excluding steroid dienone is 12. The van der Waals surface area contributed by atoms with Crippen molar-refractivity contribution >= 4 is 0 Å². The van der Waals surface area contributed by atoms with Crippen LogP contribution in [-0.2, 0) is 0 Å². The van der Waals surface area contributed by atoms with E-state index >= 15 is 0 Å². The van der Waals surface area contributed by atoms with Gasteiger partial charge in [0.2, 0.25) is 0 Å². The molecule has 0 heterocycles. The van der Waals surface area contributed by atoms with Crippen LogP contribution in [0.25, 0.3) is 0 Å². The maximum absolute atomic E-state index is 2.47. The summed E-state index contributed by atoms with van der Waals surface area (Å²) in [7, 11) is 0. The van der Waals surface area contributed by atoms with Gasteiger partial charge in [-0.1, -0.05) is 67.2 Å². The van der Waals surface area contributed by atoms with Gasteiger partial charge in [0.05, 0.1) is 0 Å². The summed E-state index contributed by atoms with van der Waals surface area (Å²) in [5, 5.41) is 0. The number of rotatable bonds is 5. The summed E-state index contributed by atoms with van der Waals surface area (Å²) < 4.78 is 0. The zero-order valence-electron chi connectivity index (χ0n) is 13.9. The summed E-state index contributed by atoms with van der Waals surface area (Å²) in [4.78, 5) is 0. The predicted octanol–water partition coefficient (Wildman–Crippen LogP) is 6.60. The van der Waals surface area contributed by atoms with Gasteiger partial charge in [0.25, 0.3) is 0 Å². The monoisotopic (exact) mass is 292 g/mol. The summed E-state index contributed by atoms with van der Waals surface area (Å²) >= 11 is 0. The fourth-order valence-corrected chi connectivity index (χ4v) is 3.75. The van der Waals surface area contributed by atoms with Crippen molar-refractivity contribution in [3.8, 4) is 0 Å². The lowest BCUT2D eigenvalue weighted by molar-refractivity contribution is 0.451. The molecule has 0 bridgehead atoms. The summed E-state index contributed by atoms with van der Waals surface area (Å²) in [5.41, 5.74) is 4.74. The number of hydrogen-bond acceptors (Lipinski definition) is 0. The van der Waals surface area contributed by atoms with Gasteiger partial charge in [-0.05, 0) is 62.5 Å². The van der Waals surface area contributed by atoms with Crippen molar-refractivity contribution < 1.29 is 0 Å². The molecule has 0 aromatic carbocycles. The first-order valence-electron chi connectivity index (χ1n) is 8.89. The lowest BCUT2D eigenvalue weighted by Crippen LogP contribution is -2.22. The Morgan fingerprint density at radius 2 is 1.27 bits per heavy atom. The predicted molar refractivity (Wildman–Crippen MR) is 96.7 cm³/mol. The highest BCUT2D eigenvalue weighted by molar-refractivity contribution is 5.43. The minimum Gasteiger partial charge on any atom is -0.0840 e. The number of hydrogen-bond donors (Lipinski definition) is 0. The first-order chi connectivity index (χ1) is 10.8. The molecule has 0 nitrogen and oxygen atoms in total. The van der Waals surface area contributed by atoms with E-state index in [-0.39, 0.29) is 5.41 Å². The topological polar surface area (TPSA) is 0 Å². The van der Waals surface area contributed by atoms with E-state index in [4.69, 9.17) is 0 Å². The molecule has 0 saturated carbocycles. The third-order valence-corrected chi connectivity index (χ3v) is 5.25. The Morgan fingerprint density at radius 3 is 1.73 bits per heavy atom. The van der Waals surface area contributed by atoms with Gasteiger partial charge in [0.1, 0.15) is 0 Å². The Morgan fingerprint density at radius 1 is 0.727 bits per heavy atom. The largest absolute Gasteiger partial charge is 0.0840 e. The van der Waals surface area contributed by atoms with Crippen LogP contribution in [0.3, 0.4) is 0 Å². The van der Waals surface area contributed by atoms with E-state index in [9.17, 15) is 0 Å². The summed E-state index contributed by atoms with van der Waals surface area (Å²) in [6, 6.07) is 0. The molecule has 0 fully saturated rings. The minimum atomic E-state index is 0.167. The van der Waals surface area contributed by atoms with E-state index < -0.39 is 0 Å². The molecule has 3 rings (SSSR count). The van der Waals surface area contributed by atoms with E-state index in [1.807, 2.05) is 0 Å². The average Bonchev–Trinajstić information content (AvgIpc) is 2.62. The standard InChI is InChI=1S/C22H28/c1-22(20-13-7-3-8-14-20,21-15-9-4-10-16-21)18-17-19-11-5-2-6-12-19/h5,7,9,11-16H,2-4,6,8,10,17-18H2,1H3. The van der Waals surface area contributed by atoms with Gasteiger partial charge in [-0.2, -0.15) is 0 Å². The first-order valence-corrected chi connectivity index (χ1v) is 8.89. The second-order valence-electron chi connectivity index (χ2n) is 6.87. The van der Waals surface area contributed by atoms with Crippen molar-refractivity contribution in [2.24, 2.45) is 5.41 Å². The van der Waals surface area contributed by atoms with E-state index in [2.05, 4.69) is 61.6 Å². The molecule has 0 atom stereocenters. The molecule has 3 aliphatic rings. The zero-order chi connectivity index (χ0) is 15.3. The highest BCUT2D eigenvalue weighted by atomic mass is 14.3. The average molecular weight is 292 g/mol. The maximum atomic E-state index is 2.47. The van der Waals surface area contributed by atoms with Crippen LogP contribution in [0.5, 0.6) is 0 Å². The van der Waals surface area contributed by atoms with Crippen LogP contribution in [0.2, 0.25) is 0 Å². The zero-order valence-corrected chi connectivity index (χ0v) is 13.9. The van der Waals surface area contributed by atoms with Crippen molar-refractivity contribution in [2.75, 3.05) is 0 Å². The lowest BCUT2D eigenvalue weighted by atomic mass is 9.69. The van der Waals surface area contributed by atoms with E-state index in [0.717, 1.165) is 0 Å². The molecule has 0 amide bonds. The fraction of sp³-hybridized carbons (Fsp3) is 0.455. The van der Waals surface area contributed by atoms with Crippen molar-refractivity contribution in [1.29, 1.82) is 0 Å². The second kappa shape index (κ2) is 7.13. The Labute approximate surface area is 135 Å². The Kier molecular flexibility index (Phi) is 4.97. The van der Waals surface area contributed by atoms with Gasteiger partial charge < -0.3 is 0 Å². The minimum absolute atomic E-state index is 0.167. The van der Waals surface area contributed by atoms with Crippen LogP contribution in [0.4, 0.5) is 0 Å². The molecule has 0 aromatic heterocycles. The van der Waals surface area contributed by atoms with E-state index in [0.29, 0.717) is 0 Å². The quantitative estimate of drug-likeness (QED) is 0.535. The smallest absolute Gasteiger partial charge is 0.0171 e. The summed E-state index contributed by atoms with van der Waals surface area (Å²) in [6.07, 6.45) is 31.1. The molecule has 0 aromatic rings. The molecule has 0 spiro atoms. The molecule has 116 valence electrons. The van der Waals surface area contributed by atoms with Crippen LogP contribution >= 0.6 is 0 Å². The fourth-order valence-electron chi connectivity index (χ4n) is 3.75. The molecule has 0 unspecified atom stereocenters. The molecule has 0 saturated heterocycles. The van der Waals surface area contributed by atoms with Crippen molar-refractivity contribution in [1.82, 2.24) is 0 Å². The maximum Gasteiger partial charge on any atom is 0.0171 e. The second-order valence-corrected chi connectivity index (χ2v) is 6.87. The third kappa shape index (κ3) is 3.43. The highest BCUT2D eigenvalue weighted by Crippen LogP contribution is 2.44. The molecular formula is C22H28. The lowest BCUT2D eigenvalue weighted by Gasteiger charge is -2.35. The van der Waals surface area contributed by atoms with Gasteiger partial charge in [-0.3, -0.25) is 0 Å². The summed E-state index contributed by atoms with van der Waals surface area (Å²) in [5.74, 6) is 0. The van der Waals surface area contributed by atoms with Crippen LogP contribution in [0, 0.1) is 5.41 Å². The molecule has 3 aliphatic carbocycles. The van der Waals surface area contributed by atoms with Crippen molar-refractivity contribution in [2.45, 2.75) is 58.3 Å². The van der Waals surface area contributed by atoms with Crippen LogP contribution in [0.15, 0.2) is 71.4 Å². The molecule has 0 N–H and O–H groups in total. The van der Waals surface area contributed by atoms with Gasteiger partial charge in [0, 0.05) is 5.41 Å². The van der Waals surface area contributed by atoms with Crippen molar-refractivity contribution in [3.63, 3.8) is 0 Å². The molecule has 0 aliphatic heterocycles. The SMILES string of the molecule is CC(CCC1=CCCC=C1)(C1=CCCC=C1)C1=CCCC=C1. The highest BCUT2D eigenvalue weighted by Gasteiger charge is 2.31. The Hall–Kier alpha value is -1.56. The van der Waals surface area contributed by atoms with E-state index in [1.54, 1.807) is 0 Å². The van der Waals surface area contributed by atoms with Gasteiger partial charge in [-0.25, -0.2) is 0 Å². The van der Waals surface area contributed by atoms with E-state index in [1.165, 1.54) is 68.1 Å². The van der Waals surface area contributed by atoms with Crippen LogP contribution in [-0.4, -0.2) is 0 Å². The van der Waals surface area contributed by atoms with Gasteiger partial charge >= 0.3 is 0 Å². The van der Waals surface area contributed by atoms with Crippen molar-refractivity contribution in [3.05, 3.63) is 71.4 Å². The third-order valence-electron chi connectivity index (χ3n) is 5.25. The molecule has 0 heteroatoms. The van der Waals surface area contributed by atoms with Gasteiger partial charge in [-0.15, -0.1) is 0 Å². The van der Waals surface area contributed by atoms with Crippen LogP contribution in [0.1, 0.15) is 58.3 Å². The molecule has 22 heavy (non-hydrogen) atoms. The first kappa shape index (κ1) is 15.3. The van der Waals surface area contributed by atoms with Crippen LogP contribution < -0.4 is 0 Å². The van der Waals surface area contributed by atoms with Gasteiger partial charge in [0.15, 0.2) is 0 Å². The normalized spacial score (nSPS) is 21.4.